The average molecular weight is 263 g/mol. The third-order valence-corrected chi connectivity index (χ3v) is 3.85. The minimum absolute atomic E-state index is 0.666. The van der Waals surface area contributed by atoms with E-state index >= 15 is 0 Å². The maximum absolute atomic E-state index is 11.7. The van der Waals surface area contributed by atoms with Gasteiger partial charge < -0.3 is 15.2 Å². The molecule has 0 radical (unpaired) electrons. The van der Waals surface area contributed by atoms with Crippen molar-refractivity contribution >= 4 is 11.7 Å². The van der Waals surface area contributed by atoms with Crippen LogP contribution in [0.5, 0.6) is 5.75 Å². The van der Waals surface area contributed by atoms with E-state index in [0.29, 0.717) is 18.6 Å². The van der Waals surface area contributed by atoms with Gasteiger partial charge >= 0.3 is 5.97 Å². The molecule has 19 heavy (non-hydrogen) atoms. The van der Waals surface area contributed by atoms with E-state index in [9.17, 15) is 9.90 Å². The Morgan fingerprint density at radius 2 is 2.00 bits per heavy atom. The first kappa shape index (κ1) is 13.7. The first-order chi connectivity index (χ1) is 9.07. The molecule has 1 fully saturated rings. The highest BCUT2D eigenvalue weighted by Gasteiger charge is 2.40. The minimum atomic E-state index is -0.848. The molecule has 2 N–H and O–H groups in total. The number of nitrogens with one attached hydrogen (secondary N) is 1. The van der Waals surface area contributed by atoms with E-state index in [4.69, 9.17) is 4.74 Å². The van der Waals surface area contributed by atoms with Gasteiger partial charge in [-0.1, -0.05) is 25.3 Å². The monoisotopic (exact) mass is 263 g/mol. The number of hydrogen-bond acceptors (Lipinski definition) is 3. The van der Waals surface area contributed by atoms with Crippen molar-refractivity contribution in [3.63, 3.8) is 0 Å². The van der Waals surface area contributed by atoms with E-state index in [1.165, 1.54) is 0 Å². The Labute approximate surface area is 113 Å². The number of hydrogen-bond donors (Lipinski definition) is 2. The Bertz CT molecular complexity index is 464. The minimum Gasteiger partial charge on any atom is -0.495 e. The molecule has 1 aliphatic rings. The van der Waals surface area contributed by atoms with E-state index in [2.05, 4.69) is 5.32 Å². The van der Waals surface area contributed by atoms with Crippen molar-refractivity contribution in [3.8, 4) is 5.75 Å². The van der Waals surface area contributed by atoms with Gasteiger partial charge in [-0.15, -0.1) is 0 Å². The quantitative estimate of drug-likeness (QED) is 0.875. The summed E-state index contributed by atoms with van der Waals surface area (Å²) in [5.74, 6) is -0.0763. The molecule has 0 amide bonds. The van der Waals surface area contributed by atoms with E-state index in [1.54, 1.807) is 7.11 Å². The van der Waals surface area contributed by atoms with Crippen LogP contribution in [0.4, 0.5) is 5.69 Å². The zero-order valence-corrected chi connectivity index (χ0v) is 11.5. The Balaban J connectivity index is 2.31. The van der Waals surface area contributed by atoms with Crippen molar-refractivity contribution < 1.29 is 14.6 Å². The zero-order valence-electron chi connectivity index (χ0n) is 11.5. The van der Waals surface area contributed by atoms with Gasteiger partial charge in [0.05, 0.1) is 12.8 Å². The maximum Gasteiger partial charge on any atom is 0.329 e. The van der Waals surface area contributed by atoms with Gasteiger partial charge in [-0.3, -0.25) is 0 Å². The van der Waals surface area contributed by atoms with Gasteiger partial charge in [0.1, 0.15) is 11.3 Å². The number of carboxylic acids is 1. The molecular formula is C15H21NO3. The van der Waals surface area contributed by atoms with E-state index in [1.807, 2.05) is 25.1 Å². The SMILES string of the molecule is COc1ccc(C)cc1NC1(C(=O)O)CCCCC1. The molecule has 1 aromatic carbocycles. The molecule has 0 aromatic heterocycles. The number of ether oxygens (including phenoxy) is 1. The number of carboxylic acid groups (broad SMARTS) is 1. The molecule has 0 spiro atoms. The van der Waals surface area contributed by atoms with Crippen molar-refractivity contribution in [2.24, 2.45) is 0 Å². The molecule has 0 heterocycles. The van der Waals surface area contributed by atoms with Crippen molar-refractivity contribution in [1.82, 2.24) is 0 Å². The van der Waals surface area contributed by atoms with Crippen LogP contribution in [0.2, 0.25) is 0 Å². The van der Waals surface area contributed by atoms with E-state index in [0.717, 1.165) is 30.5 Å². The fourth-order valence-corrected chi connectivity index (χ4v) is 2.72. The number of aryl methyl sites for hydroxylation is 1. The molecule has 0 aliphatic heterocycles. The molecular weight excluding hydrogens is 242 g/mol. The molecule has 1 aromatic rings. The second-order valence-electron chi connectivity index (χ2n) is 5.28. The third-order valence-electron chi connectivity index (χ3n) is 3.85. The smallest absolute Gasteiger partial charge is 0.329 e. The van der Waals surface area contributed by atoms with Crippen LogP contribution >= 0.6 is 0 Å². The molecule has 4 heteroatoms. The molecule has 0 saturated heterocycles. The lowest BCUT2D eigenvalue weighted by atomic mass is 9.81. The average Bonchev–Trinajstić information content (AvgIpc) is 2.40. The molecule has 2 rings (SSSR count). The number of aliphatic carboxylic acids is 1. The van der Waals surface area contributed by atoms with Gasteiger partial charge in [0.2, 0.25) is 0 Å². The number of carbonyl (C=O) groups is 1. The normalized spacial score (nSPS) is 17.8. The highest BCUT2D eigenvalue weighted by molar-refractivity contribution is 5.83. The van der Waals surface area contributed by atoms with Crippen molar-refractivity contribution in [3.05, 3.63) is 23.8 Å². The number of anilines is 1. The van der Waals surface area contributed by atoms with Crippen LogP contribution in [-0.2, 0) is 4.79 Å². The van der Waals surface area contributed by atoms with Crippen LogP contribution in [0.1, 0.15) is 37.7 Å². The van der Waals surface area contributed by atoms with Crippen molar-refractivity contribution in [2.75, 3.05) is 12.4 Å². The summed E-state index contributed by atoms with van der Waals surface area (Å²) in [4.78, 5) is 11.7. The van der Waals surface area contributed by atoms with Gasteiger partial charge in [0.25, 0.3) is 0 Å². The standard InChI is InChI=1S/C15H21NO3/c1-11-6-7-13(19-2)12(10-11)16-15(14(17)18)8-4-3-5-9-15/h6-7,10,16H,3-5,8-9H2,1-2H3,(H,17,18). The van der Waals surface area contributed by atoms with E-state index < -0.39 is 11.5 Å². The predicted octanol–water partition coefficient (Wildman–Crippen LogP) is 3.20. The lowest BCUT2D eigenvalue weighted by Gasteiger charge is -2.35. The highest BCUT2D eigenvalue weighted by atomic mass is 16.5. The van der Waals surface area contributed by atoms with Crippen LogP contribution in [0, 0.1) is 6.92 Å². The third kappa shape index (κ3) is 2.83. The summed E-state index contributed by atoms with van der Waals surface area (Å²) in [7, 11) is 1.60. The number of methoxy groups -OCH3 is 1. The summed E-state index contributed by atoms with van der Waals surface area (Å²) in [6, 6.07) is 5.77. The predicted molar refractivity (Wildman–Crippen MR) is 74.8 cm³/mol. The second kappa shape index (κ2) is 5.51. The second-order valence-corrected chi connectivity index (χ2v) is 5.28. The topological polar surface area (TPSA) is 58.6 Å². The van der Waals surface area contributed by atoms with Gasteiger partial charge in [0, 0.05) is 0 Å². The molecule has 1 saturated carbocycles. The zero-order chi connectivity index (χ0) is 13.9. The van der Waals surface area contributed by atoms with Gasteiger partial charge in [-0.2, -0.15) is 0 Å². The molecule has 4 nitrogen and oxygen atoms in total. The highest BCUT2D eigenvalue weighted by Crippen LogP contribution is 2.35. The molecule has 1 aliphatic carbocycles. The van der Waals surface area contributed by atoms with Crippen LogP contribution in [0.25, 0.3) is 0 Å². The summed E-state index contributed by atoms with van der Waals surface area (Å²) in [6.07, 6.45) is 4.35. The molecule has 104 valence electrons. The number of benzene rings is 1. The Hall–Kier alpha value is -1.71. The van der Waals surface area contributed by atoms with Crippen LogP contribution < -0.4 is 10.1 Å². The summed E-state index contributed by atoms with van der Waals surface area (Å²) < 4.78 is 5.31. The van der Waals surface area contributed by atoms with Crippen LogP contribution in [0.3, 0.4) is 0 Å². The Morgan fingerprint density at radius 1 is 1.32 bits per heavy atom. The Kier molecular flexibility index (Phi) is 3.98. The first-order valence-electron chi connectivity index (χ1n) is 6.74. The van der Waals surface area contributed by atoms with Crippen molar-refractivity contribution in [2.45, 2.75) is 44.6 Å². The van der Waals surface area contributed by atoms with Crippen molar-refractivity contribution in [1.29, 1.82) is 0 Å². The van der Waals surface area contributed by atoms with Crippen LogP contribution in [0.15, 0.2) is 18.2 Å². The fraction of sp³-hybridized carbons (Fsp3) is 0.533. The summed E-state index contributed by atoms with van der Waals surface area (Å²) in [5.41, 5.74) is 1.01. The van der Waals surface area contributed by atoms with Gasteiger partial charge in [0.15, 0.2) is 0 Å². The first-order valence-corrected chi connectivity index (χ1v) is 6.74. The van der Waals surface area contributed by atoms with E-state index in [-0.39, 0.29) is 0 Å². The summed E-state index contributed by atoms with van der Waals surface area (Å²) >= 11 is 0. The lowest BCUT2D eigenvalue weighted by molar-refractivity contribution is -0.143. The number of rotatable bonds is 4. The molecule has 0 bridgehead atoms. The molecule has 0 atom stereocenters. The maximum atomic E-state index is 11.7. The van der Waals surface area contributed by atoms with Gasteiger partial charge in [-0.05, 0) is 37.5 Å². The summed E-state index contributed by atoms with van der Waals surface area (Å²) in [6.45, 7) is 1.99. The van der Waals surface area contributed by atoms with Gasteiger partial charge in [-0.25, -0.2) is 4.79 Å². The summed E-state index contributed by atoms with van der Waals surface area (Å²) in [5, 5.41) is 12.8. The largest absolute Gasteiger partial charge is 0.495 e. The Morgan fingerprint density at radius 3 is 2.58 bits per heavy atom. The molecule has 0 unspecified atom stereocenters. The fourth-order valence-electron chi connectivity index (χ4n) is 2.72. The lowest BCUT2D eigenvalue weighted by Crippen LogP contribution is -2.47. The van der Waals surface area contributed by atoms with Crippen LogP contribution in [-0.4, -0.2) is 23.7 Å².